The number of esters is 1. The van der Waals surface area contributed by atoms with Crippen LogP contribution in [0.4, 0.5) is 0 Å². The average molecular weight is 354 g/mol. The maximum Gasteiger partial charge on any atom is 0.323 e. The van der Waals surface area contributed by atoms with Crippen molar-refractivity contribution in [3.63, 3.8) is 0 Å². The molecule has 0 saturated heterocycles. The summed E-state index contributed by atoms with van der Waals surface area (Å²) in [5, 5.41) is 0. The van der Waals surface area contributed by atoms with Crippen LogP contribution in [0.1, 0.15) is 17.0 Å². The Kier molecular flexibility index (Phi) is 6.25. The van der Waals surface area contributed by atoms with E-state index in [1.807, 2.05) is 78.9 Å². The standard InChI is InChI=1S/C20H16O2.Zn/c21-20(22-18-14-8-3-9-15-18)19(16-10-4-1-5-11-16)17-12-6-2-7-13-17;/h1-15,19H;. The van der Waals surface area contributed by atoms with Crippen LogP contribution in [-0.4, -0.2) is 5.97 Å². The van der Waals surface area contributed by atoms with Gasteiger partial charge in [0.25, 0.3) is 0 Å². The fraction of sp³-hybridized carbons (Fsp3) is 0.0500. The molecule has 110 valence electrons. The monoisotopic (exact) mass is 352 g/mol. The molecule has 23 heavy (non-hydrogen) atoms. The van der Waals surface area contributed by atoms with Gasteiger partial charge in [-0.05, 0) is 23.3 Å². The Hall–Kier alpha value is -2.25. The number of ether oxygens (including phenoxy) is 1. The normalized spacial score (nSPS) is 9.96. The van der Waals surface area contributed by atoms with Crippen molar-refractivity contribution in [3.05, 3.63) is 102 Å². The van der Waals surface area contributed by atoms with Gasteiger partial charge in [-0.15, -0.1) is 0 Å². The molecule has 0 bridgehead atoms. The van der Waals surface area contributed by atoms with Crippen LogP contribution in [-0.2, 0) is 24.3 Å². The summed E-state index contributed by atoms with van der Waals surface area (Å²) < 4.78 is 5.55. The molecule has 0 spiro atoms. The van der Waals surface area contributed by atoms with Gasteiger partial charge in [-0.25, -0.2) is 0 Å². The summed E-state index contributed by atoms with van der Waals surface area (Å²) in [7, 11) is 0. The van der Waals surface area contributed by atoms with E-state index in [1.54, 1.807) is 12.1 Å². The molecule has 0 radical (unpaired) electrons. The quantitative estimate of drug-likeness (QED) is 0.394. The van der Waals surface area contributed by atoms with Crippen LogP contribution in [0.2, 0.25) is 0 Å². The predicted molar refractivity (Wildman–Crippen MR) is 86.8 cm³/mol. The number of hydrogen-bond donors (Lipinski definition) is 0. The zero-order valence-electron chi connectivity index (χ0n) is 12.8. The SMILES string of the molecule is O=C(Oc1ccccc1)C(c1ccccc1)c1ccccc1.[Zn]. The number of carbonyl (C=O) groups is 1. The number of hydrogen-bond acceptors (Lipinski definition) is 2. The molecule has 0 saturated carbocycles. The molecule has 0 unspecified atom stereocenters. The molecule has 3 aromatic carbocycles. The Bertz CT molecular complexity index is 688. The van der Waals surface area contributed by atoms with E-state index >= 15 is 0 Å². The van der Waals surface area contributed by atoms with E-state index in [9.17, 15) is 4.79 Å². The number of rotatable bonds is 4. The van der Waals surface area contributed by atoms with Crippen LogP contribution in [0.3, 0.4) is 0 Å². The molecule has 0 heterocycles. The minimum Gasteiger partial charge on any atom is -0.426 e. The van der Waals surface area contributed by atoms with Crippen LogP contribution in [0.15, 0.2) is 91.0 Å². The molecule has 3 heteroatoms. The van der Waals surface area contributed by atoms with Crippen molar-refractivity contribution in [2.75, 3.05) is 0 Å². The van der Waals surface area contributed by atoms with Gasteiger partial charge in [-0.3, -0.25) is 4.79 Å². The van der Waals surface area contributed by atoms with Gasteiger partial charge in [0.1, 0.15) is 11.7 Å². The summed E-state index contributed by atoms with van der Waals surface area (Å²) in [4.78, 5) is 12.7. The van der Waals surface area contributed by atoms with Gasteiger partial charge < -0.3 is 4.74 Å². The van der Waals surface area contributed by atoms with E-state index in [4.69, 9.17) is 4.74 Å². The Morgan fingerprint density at radius 1 is 0.652 bits per heavy atom. The molecule has 0 aliphatic rings. The topological polar surface area (TPSA) is 26.3 Å². The second kappa shape index (κ2) is 8.40. The molecule has 2 nitrogen and oxygen atoms in total. The van der Waals surface area contributed by atoms with Gasteiger partial charge in [-0.2, -0.15) is 0 Å². The third-order valence-electron chi connectivity index (χ3n) is 3.46. The number of para-hydroxylation sites is 1. The molecule has 0 amide bonds. The van der Waals surface area contributed by atoms with E-state index in [2.05, 4.69) is 0 Å². The van der Waals surface area contributed by atoms with Crippen molar-refractivity contribution in [1.82, 2.24) is 0 Å². The summed E-state index contributed by atoms with van der Waals surface area (Å²) in [6.07, 6.45) is 0. The molecular formula is C20H16O2Zn. The van der Waals surface area contributed by atoms with E-state index < -0.39 is 5.92 Å². The minimum atomic E-state index is -0.428. The zero-order valence-corrected chi connectivity index (χ0v) is 15.7. The van der Waals surface area contributed by atoms with Crippen LogP contribution in [0, 0.1) is 0 Å². The zero-order chi connectivity index (χ0) is 15.2. The molecule has 0 atom stereocenters. The van der Waals surface area contributed by atoms with Crippen molar-refractivity contribution in [3.8, 4) is 5.75 Å². The van der Waals surface area contributed by atoms with Crippen molar-refractivity contribution in [2.45, 2.75) is 5.92 Å². The average Bonchev–Trinajstić information content (AvgIpc) is 2.58. The van der Waals surface area contributed by atoms with Gasteiger partial charge in [0, 0.05) is 19.5 Å². The summed E-state index contributed by atoms with van der Waals surface area (Å²) in [5.41, 5.74) is 1.85. The van der Waals surface area contributed by atoms with Gasteiger partial charge in [0.05, 0.1) is 0 Å². The first-order valence-electron chi connectivity index (χ1n) is 7.21. The Morgan fingerprint density at radius 2 is 1.04 bits per heavy atom. The largest absolute Gasteiger partial charge is 0.426 e. The fourth-order valence-electron chi connectivity index (χ4n) is 2.42. The van der Waals surface area contributed by atoms with Crippen molar-refractivity contribution >= 4 is 5.97 Å². The summed E-state index contributed by atoms with van der Waals surface area (Å²) >= 11 is 0. The molecule has 0 aliphatic carbocycles. The Labute approximate surface area is 148 Å². The third-order valence-corrected chi connectivity index (χ3v) is 3.46. The maximum absolute atomic E-state index is 12.7. The van der Waals surface area contributed by atoms with Gasteiger partial charge in [0.2, 0.25) is 0 Å². The predicted octanol–water partition coefficient (Wildman–Crippen LogP) is 4.42. The van der Waals surface area contributed by atoms with Crippen molar-refractivity contribution in [1.29, 1.82) is 0 Å². The summed E-state index contributed by atoms with van der Waals surface area (Å²) in [5.74, 6) is -0.143. The molecule has 0 fully saturated rings. The van der Waals surface area contributed by atoms with Gasteiger partial charge in [-0.1, -0.05) is 78.9 Å². The van der Waals surface area contributed by atoms with Crippen LogP contribution in [0.25, 0.3) is 0 Å². The Balaban J connectivity index is 0.00000192. The van der Waals surface area contributed by atoms with Gasteiger partial charge in [0.15, 0.2) is 0 Å². The smallest absolute Gasteiger partial charge is 0.323 e. The van der Waals surface area contributed by atoms with Gasteiger partial charge >= 0.3 is 5.97 Å². The summed E-state index contributed by atoms with van der Waals surface area (Å²) in [6.45, 7) is 0. The molecule has 0 aliphatic heterocycles. The fourth-order valence-corrected chi connectivity index (χ4v) is 2.42. The van der Waals surface area contributed by atoms with E-state index in [0.29, 0.717) is 5.75 Å². The number of benzene rings is 3. The third kappa shape index (κ3) is 4.37. The maximum atomic E-state index is 12.7. The minimum absolute atomic E-state index is 0. The second-order valence-corrected chi connectivity index (χ2v) is 4.99. The summed E-state index contributed by atoms with van der Waals surface area (Å²) in [6, 6.07) is 28.6. The first-order valence-corrected chi connectivity index (χ1v) is 7.21. The molecule has 0 N–H and O–H groups in total. The molecule has 3 rings (SSSR count). The van der Waals surface area contributed by atoms with Crippen molar-refractivity contribution in [2.24, 2.45) is 0 Å². The first-order chi connectivity index (χ1) is 10.8. The van der Waals surface area contributed by atoms with Crippen molar-refractivity contribution < 1.29 is 29.0 Å². The Morgan fingerprint density at radius 3 is 1.48 bits per heavy atom. The van der Waals surface area contributed by atoms with E-state index in [-0.39, 0.29) is 25.4 Å². The van der Waals surface area contributed by atoms with Crippen LogP contribution < -0.4 is 4.74 Å². The van der Waals surface area contributed by atoms with E-state index in [1.165, 1.54) is 0 Å². The molecular weight excluding hydrogens is 338 g/mol. The molecule has 0 aromatic heterocycles. The second-order valence-electron chi connectivity index (χ2n) is 4.99. The van der Waals surface area contributed by atoms with Crippen LogP contribution in [0.5, 0.6) is 5.75 Å². The van der Waals surface area contributed by atoms with Crippen LogP contribution >= 0.6 is 0 Å². The first kappa shape index (κ1) is 17.1. The number of carbonyl (C=O) groups excluding carboxylic acids is 1. The molecule has 3 aromatic rings. The van der Waals surface area contributed by atoms with E-state index in [0.717, 1.165) is 11.1 Å².